The van der Waals surface area contributed by atoms with E-state index in [1.807, 2.05) is 6.92 Å². The molecule has 0 aliphatic rings. The van der Waals surface area contributed by atoms with Gasteiger partial charge in [0.1, 0.15) is 5.82 Å². The van der Waals surface area contributed by atoms with Crippen LogP contribution in [0, 0.1) is 22.9 Å². The molecule has 0 spiro atoms. The number of nitrogens with one attached hydrogen (secondary N) is 1. The summed E-state index contributed by atoms with van der Waals surface area (Å²) in [4.78, 5) is 22.0. The van der Waals surface area contributed by atoms with Crippen molar-refractivity contribution in [3.05, 3.63) is 39.2 Å². The number of nitrogens with zero attached hydrogens (tertiary/aromatic N) is 1. The number of carbonyl (C=O) groups excluding carboxylic acids is 1. The molecule has 6 nitrogen and oxygen atoms in total. The molecule has 0 saturated heterocycles. The Hall–Kier alpha value is -2.02. The monoisotopic (exact) mass is 298 g/mol. The topological polar surface area (TPSA) is 92.5 Å². The number of non-ortho nitro benzene ring substituents is 1. The van der Waals surface area contributed by atoms with Gasteiger partial charge in [-0.25, -0.2) is 4.39 Å². The van der Waals surface area contributed by atoms with E-state index in [4.69, 9.17) is 0 Å². The summed E-state index contributed by atoms with van der Waals surface area (Å²) in [7, 11) is 0. The molecule has 116 valence electrons. The van der Waals surface area contributed by atoms with Crippen molar-refractivity contribution in [2.24, 2.45) is 0 Å². The van der Waals surface area contributed by atoms with Gasteiger partial charge < -0.3 is 10.4 Å². The highest BCUT2D eigenvalue weighted by molar-refractivity contribution is 5.95. The van der Waals surface area contributed by atoms with Gasteiger partial charge in [0.2, 0.25) is 0 Å². The molecule has 1 unspecified atom stereocenters. The highest BCUT2D eigenvalue weighted by Gasteiger charge is 2.23. The van der Waals surface area contributed by atoms with Crippen molar-refractivity contribution in [1.29, 1.82) is 0 Å². The van der Waals surface area contributed by atoms with Crippen LogP contribution in [0.15, 0.2) is 12.1 Å². The number of amides is 1. The molecule has 7 heteroatoms. The number of carbonyl (C=O) groups is 1. The predicted octanol–water partition coefficient (Wildman–Crippen LogP) is 2.32. The fourth-order valence-corrected chi connectivity index (χ4v) is 2.01. The van der Waals surface area contributed by atoms with Crippen LogP contribution in [0.5, 0.6) is 0 Å². The molecule has 0 radical (unpaired) electrons. The largest absolute Gasteiger partial charge is 0.388 e. The first kappa shape index (κ1) is 17.0. The Labute approximate surface area is 122 Å². The lowest BCUT2D eigenvalue weighted by atomic mass is 10.0. The molecule has 1 aromatic carbocycles. The minimum Gasteiger partial charge on any atom is -0.388 e. The van der Waals surface area contributed by atoms with Crippen LogP contribution in [-0.2, 0) is 0 Å². The van der Waals surface area contributed by atoms with E-state index in [2.05, 4.69) is 5.32 Å². The minimum atomic E-state index is -1.10. The van der Waals surface area contributed by atoms with Crippen LogP contribution in [-0.4, -0.2) is 28.1 Å². The van der Waals surface area contributed by atoms with Gasteiger partial charge in [0, 0.05) is 18.7 Å². The summed E-state index contributed by atoms with van der Waals surface area (Å²) in [6, 6.07) is 1.96. The van der Waals surface area contributed by atoms with Crippen LogP contribution in [0.1, 0.15) is 42.6 Å². The summed E-state index contributed by atoms with van der Waals surface area (Å²) in [5.41, 5.74) is -1.82. The maximum atomic E-state index is 13.9. The lowest BCUT2D eigenvalue weighted by Crippen LogP contribution is -2.40. The molecule has 1 atom stereocenters. The Morgan fingerprint density at radius 3 is 2.67 bits per heavy atom. The summed E-state index contributed by atoms with van der Waals surface area (Å²) >= 11 is 0. The molecule has 1 rings (SSSR count). The molecule has 0 bridgehead atoms. The van der Waals surface area contributed by atoms with Crippen molar-refractivity contribution in [1.82, 2.24) is 5.32 Å². The second-order valence-corrected chi connectivity index (χ2v) is 5.31. The Balaban J connectivity index is 2.95. The number of halogens is 1. The molecule has 0 aliphatic carbocycles. The van der Waals surface area contributed by atoms with E-state index in [-0.39, 0.29) is 17.8 Å². The van der Waals surface area contributed by atoms with E-state index >= 15 is 0 Å². The first-order valence-electron chi connectivity index (χ1n) is 6.63. The number of nitro groups is 1. The molecule has 0 saturated carbocycles. The summed E-state index contributed by atoms with van der Waals surface area (Å²) < 4.78 is 13.9. The summed E-state index contributed by atoms with van der Waals surface area (Å²) in [6.07, 6.45) is 1.21. The number of aliphatic hydroxyl groups is 1. The van der Waals surface area contributed by atoms with Gasteiger partial charge in [-0.05, 0) is 25.8 Å². The third kappa shape index (κ3) is 4.49. The summed E-state index contributed by atoms with van der Waals surface area (Å²) in [5.74, 6) is -1.58. The molecular weight excluding hydrogens is 279 g/mol. The average molecular weight is 298 g/mol. The van der Waals surface area contributed by atoms with E-state index in [9.17, 15) is 24.4 Å². The molecule has 21 heavy (non-hydrogen) atoms. The van der Waals surface area contributed by atoms with E-state index in [1.165, 1.54) is 6.92 Å². The lowest BCUT2D eigenvalue weighted by Gasteiger charge is -2.23. The van der Waals surface area contributed by atoms with Crippen molar-refractivity contribution in [3.8, 4) is 0 Å². The van der Waals surface area contributed by atoms with Crippen LogP contribution in [0.25, 0.3) is 0 Å². The van der Waals surface area contributed by atoms with Crippen molar-refractivity contribution < 1.29 is 19.2 Å². The maximum Gasteiger partial charge on any atom is 0.270 e. The molecule has 0 aromatic heterocycles. The van der Waals surface area contributed by atoms with Crippen molar-refractivity contribution >= 4 is 11.6 Å². The number of aryl methyl sites for hydroxylation is 1. The Morgan fingerprint density at radius 1 is 1.52 bits per heavy atom. The van der Waals surface area contributed by atoms with Gasteiger partial charge in [-0.2, -0.15) is 0 Å². The van der Waals surface area contributed by atoms with Gasteiger partial charge in [-0.15, -0.1) is 0 Å². The highest BCUT2D eigenvalue weighted by Crippen LogP contribution is 2.21. The number of benzene rings is 1. The molecule has 0 aliphatic heterocycles. The van der Waals surface area contributed by atoms with Crippen molar-refractivity contribution in [2.75, 3.05) is 6.54 Å². The Morgan fingerprint density at radius 2 is 2.14 bits per heavy atom. The van der Waals surface area contributed by atoms with Gasteiger partial charge in [0.05, 0.1) is 16.1 Å². The van der Waals surface area contributed by atoms with Gasteiger partial charge in [-0.3, -0.25) is 14.9 Å². The zero-order valence-electron chi connectivity index (χ0n) is 12.3. The summed E-state index contributed by atoms with van der Waals surface area (Å²) in [5, 5.41) is 23.1. The van der Waals surface area contributed by atoms with Crippen LogP contribution in [0.2, 0.25) is 0 Å². The fraction of sp³-hybridized carbons (Fsp3) is 0.500. The van der Waals surface area contributed by atoms with Crippen molar-refractivity contribution in [3.63, 3.8) is 0 Å². The van der Waals surface area contributed by atoms with Gasteiger partial charge in [0.15, 0.2) is 0 Å². The molecule has 1 amide bonds. The van der Waals surface area contributed by atoms with Crippen molar-refractivity contribution in [2.45, 2.75) is 39.2 Å². The first-order chi connectivity index (χ1) is 9.68. The number of nitro benzene ring substituents is 1. The third-order valence-electron chi connectivity index (χ3n) is 3.11. The average Bonchev–Trinajstić information content (AvgIpc) is 2.38. The van der Waals surface area contributed by atoms with Gasteiger partial charge >= 0.3 is 0 Å². The predicted molar refractivity (Wildman–Crippen MR) is 75.7 cm³/mol. The van der Waals surface area contributed by atoms with Crippen LogP contribution >= 0.6 is 0 Å². The number of rotatable bonds is 6. The normalized spacial score (nSPS) is 13.6. The standard InChI is InChI=1S/C14H19FN2O4/c1-4-5-14(3,19)8-16-13(18)11-7-10(17(20)21)6-9(2)12(11)15/h6-7,19H,4-5,8H2,1-3H3,(H,16,18). The fourth-order valence-electron chi connectivity index (χ4n) is 2.01. The van der Waals surface area contributed by atoms with Gasteiger partial charge in [-0.1, -0.05) is 13.3 Å². The Kier molecular flexibility index (Phi) is 5.37. The molecule has 0 heterocycles. The van der Waals surface area contributed by atoms with E-state index < -0.39 is 27.8 Å². The third-order valence-corrected chi connectivity index (χ3v) is 3.11. The van der Waals surface area contributed by atoms with E-state index in [0.717, 1.165) is 18.6 Å². The highest BCUT2D eigenvalue weighted by atomic mass is 19.1. The maximum absolute atomic E-state index is 13.9. The van der Waals surface area contributed by atoms with E-state index in [1.54, 1.807) is 6.92 Å². The van der Waals surface area contributed by atoms with Gasteiger partial charge in [0.25, 0.3) is 11.6 Å². The molecule has 0 fully saturated rings. The second kappa shape index (κ2) is 6.62. The summed E-state index contributed by atoms with van der Waals surface area (Å²) in [6.45, 7) is 4.75. The molecule has 2 N–H and O–H groups in total. The first-order valence-corrected chi connectivity index (χ1v) is 6.63. The minimum absolute atomic E-state index is 0.0228. The SMILES string of the molecule is CCCC(C)(O)CNC(=O)c1cc([N+](=O)[O-])cc(C)c1F. The van der Waals surface area contributed by atoms with Crippen LogP contribution < -0.4 is 5.32 Å². The molecular formula is C14H19FN2O4. The second-order valence-electron chi connectivity index (χ2n) is 5.31. The zero-order valence-corrected chi connectivity index (χ0v) is 12.3. The van der Waals surface area contributed by atoms with E-state index in [0.29, 0.717) is 6.42 Å². The molecule has 1 aromatic rings. The number of hydrogen-bond acceptors (Lipinski definition) is 4. The number of hydrogen-bond donors (Lipinski definition) is 2. The zero-order chi connectivity index (χ0) is 16.2. The lowest BCUT2D eigenvalue weighted by molar-refractivity contribution is -0.385. The van der Waals surface area contributed by atoms with Crippen LogP contribution in [0.4, 0.5) is 10.1 Å². The van der Waals surface area contributed by atoms with Crippen LogP contribution in [0.3, 0.4) is 0 Å². The Bertz CT molecular complexity index is 558. The quantitative estimate of drug-likeness (QED) is 0.622. The smallest absolute Gasteiger partial charge is 0.270 e.